The van der Waals surface area contributed by atoms with Gasteiger partial charge in [0.1, 0.15) is 6.10 Å². The Labute approximate surface area is 133 Å². The summed E-state index contributed by atoms with van der Waals surface area (Å²) in [6.45, 7) is 1.64. The molecule has 1 aromatic rings. The molecule has 0 atom stereocenters. The van der Waals surface area contributed by atoms with Crippen molar-refractivity contribution in [1.29, 1.82) is 0 Å². The predicted octanol–water partition coefficient (Wildman–Crippen LogP) is 4.07. The first-order valence-corrected chi connectivity index (χ1v) is 9.43. The van der Waals surface area contributed by atoms with Crippen LogP contribution in [0.5, 0.6) is 0 Å². The highest BCUT2D eigenvalue weighted by Crippen LogP contribution is 2.28. The van der Waals surface area contributed by atoms with Gasteiger partial charge in [-0.3, -0.25) is 0 Å². The second-order valence-corrected chi connectivity index (χ2v) is 8.15. The van der Waals surface area contributed by atoms with Crippen LogP contribution in [0.4, 0.5) is 0 Å². The molecule has 1 aliphatic carbocycles. The van der Waals surface area contributed by atoms with E-state index in [1.54, 1.807) is 6.92 Å². The summed E-state index contributed by atoms with van der Waals surface area (Å²) in [6.07, 6.45) is 4.79. The van der Waals surface area contributed by atoms with E-state index in [1.807, 2.05) is 0 Å². The van der Waals surface area contributed by atoms with Gasteiger partial charge in [0.05, 0.1) is 10.5 Å². The van der Waals surface area contributed by atoms with Crippen molar-refractivity contribution in [2.45, 2.75) is 50.0 Å². The molecule has 0 aromatic heterocycles. The van der Waals surface area contributed by atoms with Crippen molar-refractivity contribution in [1.82, 2.24) is 0 Å². The Morgan fingerprint density at radius 2 is 1.86 bits per heavy atom. The van der Waals surface area contributed by atoms with E-state index in [-0.39, 0.29) is 21.6 Å². The minimum Gasteiger partial charge on any atom is -0.459 e. The molecule has 0 heterocycles. The van der Waals surface area contributed by atoms with Crippen LogP contribution < -0.4 is 0 Å². The van der Waals surface area contributed by atoms with E-state index in [0.717, 1.165) is 32.1 Å². The van der Waals surface area contributed by atoms with Gasteiger partial charge in [-0.1, -0.05) is 18.0 Å². The fourth-order valence-corrected chi connectivity index (χ4v) is 3.47. The van der Waals surface area contributed by atoms with Gasteiger partial charge in [0.2, 0.25) is 0 Å². The molecular formula is C14H16Cl2O4S. The van der Waals surface area contributed by atoms with Gasteiger partial charge in [0, 0.05) is 15.7 Å². The summed E-state index contributed by atoms with van der Waals surface area (Å²) in [5, 5.41) is 0.173. The lowest BCUT2D eigenvalue weighted by atomic mass is 9.97. The molecule has 2 rings (SSSR count). The van der Waals surface area contributed by atoms with Crippen molar-refractivity contribution in [3.8, 4) is 0 Å². The first-order chi connectivity index (χ1) is 9.79. The van der Waals surface area contributed by atoms with Gasteiger partial charge in [-0.25, -0.2) is 13.2 Å². The van der Waals surface area contributed by atoms with Gasteiger partial charge in [-0.15, -0.1) is 0 Å². The zero-order chi connectivity index (χ0) is 15.6. The molecule has 0 N–H and O–H groups in total. The smallest absolute Gasteiger partial charge is 0.338 e. The normalized spacial score (nSPS) is 16.7. The average molecular weight is 351 g/mol. The number of rotatable bonds is 3. The summed E-state index contributed by atoms with van der Waals surface area (Å²) >= 11 is 5.98. The number of ether oxygens (including phenoxy) is 1. The number of halogens is 2. The van der Waals surface area contributed by atoms with E-state index in [9.17, 15) is 13.2 Å². The number of hydrogen-bond donors (Lipinski definition) is 0. The molecule has 0 spiro atoms. The van der Waals surface area contributed by atoms with Crippen molar-refractivity contribution >= 4 is 37.3 Å². The predicted molar refractivity (Wildman–Crippen MR) is 81.5 cm³/mol. The van der Waals surface area contributed by atoms with E-state index < -0.39 is 15.0 Å². The maximum Gasteiger partial charge on any atom is 0.338 e. The molecule has 0 saturated heterocycles. The summed E-state index contributed by atoms with van der Waals surface area (Å²) in [5.74, 6) is -0.552. The van der Waals surface area contributed by atoms with E-state index >= 15 is 0 Å². The van der Waals surface area contributed by atoms with E-state index in [4.69, 9.17) is 27.0 Å². The molecule has 21 heavy (non-hydrogen) atoms. The van der Waals surface area contributed by atoms with Gasteiger partial charge >= 0.3 is 5.97 Å². The Morgan fingerprint density at radius 3 is 2.43 bits per heavy atom. The number of carbonyl (C=O) groups is 1. The first kappa shape index (κ1) is 16.6. The largest absolute Gasteiger partial charge is 0.459 e. The Morgan fingerprint density at radius 1 is 1.24 bits per heavy atom. The zero-order valence-electron chi connectivity index (χ0n) is 11.6. The van der Waals surface area contributed by atoms with Gasteiger partial charge in [-0.05, 0) is 50.3 Å². The number of benzene rings is 1. The summed E-state index contributed by atoms with van der Waals surface area (Å²) in [4.78, 5) is 12.0. The average Bonchev–Trinajstić information content (AvgIpc) is 2.41. The third-order valence-electron chi connectivity index (χ3n) is 3.65. The van der Waals surface area contributed by atoms with Gasteiger partial charge in [0.25, 0.3) is 9.05 Å². The maximum atomic E-state index is 12.2. The molecule has 0 amide bonds. The topological polar surface area (TPSA) is 60.4 Å². The lowest BCUT2D eigenvalue weighted by Crippen LogP contribution is -2.21. The number of esters is 1. The van der Waals surface area contributed by atoms with Crippen molar-refractivity contribution in [3.05, 3.63) is 28.3 Å². The molecule has 1 saturated carbocycles. The molecule has 4 nitrogen and oxygen atoms in total. The summed E-state index contributed by atoms with van der Waals surface area (Å²) in [6, 6.07) is 2.45. The van der Waals surface area contributed by atoms with Gasteiger partial charge in [0.15, 0.2) is 0 Å². The molecule has 0 unspecified atom stereocenters. The van der Waals surface area contributed by atoms with Gasteiger partial charge < -0.3 is 4.74 Å². The standard InChI is InChI=1S/C14H16Cl2O4S/c1-9-12(7-11(8-13(9)15)21(16,18)19)14(17)20-10-5-3-2-4-6-10/h7-8,10H,2-6H2,1H3. The third-order valence-corrected chi connectivity index (χ3v) is 5.37. The Bertz CT molecular complexity index is 649. The molecule has 1 aliphatic rings. The minimum atomic E-state index is -3.95. The lowest BCUT2D eigenvalue weighted by molar-refractivity contribution is 0.0210. The van der Waals surface area contributed by atoms with Crippen LogP contribution >= 0.6 is 22.3 Å². The van der Waals surface area contributed by atoms with Crippen LogP contribution in [-0.4, -0.2) is 20.5 Å². The third kappa shape index (κ3) is 4.11. The van der Waals surface area contributed by atoms with Gasteiger partial charge in [-0.2, -0.15) is 0 Å². The maximum absolute atomic E-state index is 12.2. The Hall–Kier alpha value is -0.780. The quantitative estimate of drug-likeness (QED) is 0.609. The van der Waals surface area contributed by atoms with Crippen LogP contribution in [0.25, 0.3) is 0 Å². The highest BCUT2D eigenvalue weighted by molar-refractivity contribution is 8.13. The van der Waals surface area contributed by atoms with Crippen LogP contribution in [0.1, 0.15) is 48.0 Å². The van der Waals surface area contributed by atoms with Crippen LogP contribution in [0.2, 0.25) is 5.02 Å². The fourth-order valence-electron chi connectivity index (χ4n) is 2.40. The van der Waals surface area contributed by atoms with E-state index in [1.165, 1.54) is 12.1 Å². The van der Waals surface area contributed by atoms with Crippen LogP contribution in [-0.2, 0) is 13.8 Å². The molecule has 0 radical (unpaired) electrons. The van der Waals surface area contributed by atoms with Crippen LogP contribution in [0.15, 0.2) is 17.0 Å². The monoisotopic (exact) mass is 350 g/mol. The molecular weight excluding hydrogens is 335 g/mol. The zero-order valence-corrected chi connectivity index (χ0v) is 13.9. The molecule has 0 aliphatic heterocycles. The molecule has 7 heteroatoms. The highest BCUT2D eigenvalue weighted by Gasteiger charge is 2.23. The molecule has 1 aromatic carbocycles. The van der Waals surface area contributed by atoms with Crippen LogP contribution in [0, 0.1) is 6.92 Å². The molecule has 1 fully saturated rings. The SMILES string of the molecule is Cc1c(Cl)cc(S(=O)(=O)Cl)cc1C(=O)OC1CCCCC1. The van der Waals surface area contributed by atoms with Crippen LogP contribution in [0.3, 0.4) is 0 Å². The minimum absolute atomic E-state index is 0.110. The van der Waals surface area contributed by atoms with E-state index in [0.29, 0.717) is 5.56 Å². The molecule has 116 valence electrons. The van der Waals surface area contributed by atoms with Crippen molar-refractivity contribution in [2.24, 2.45) is 0 Å². The van der Waals surface area contributed by atoms with E-state index in [2.05, 4.69) is 0 Å². The highest BCUT2D eigenvalue weighted by atomic mass is 35.7. The Kier molecular flexibility index (Phi) is 5.17. The first-order valence-electron chi connectivity index (χ1n) is 6.75. The lowest BCUT2D eigenvalue weighted by Gasteiger charge is -2.22. The van der Waals surface area contributed by atoms with Crippen molar-refractivity contribution < 1.29 is 17.9 Å². The Balaban J connectivity index is 2.29. The second-order valence-electron chi connectivity index (χ2n) is 5.18. The summed E-state index contributed by atoms with van der Waals surface area (Å²) in [5.41, 5.74) is 0.633. The number of carbonyl (C=O) groups excluding carboxylic acids is 1. The fraction of sp³-hybridized carbons (Fsp3) is 0.500. The second kappa shape index (κ2) is 6.55. The number of hydrogen-bond acceptors (Lipinski definition) is 4. The molecule has 0 bridgehead atoms. The van der Waals surface area contributed by atoms with Crippen molar-refractivity contribution in [3.63, 3.8) is 0 Å². The summed E-state index contributed by atoms with van der Waals surface area (Å²) in [7, 11) is 1.36. The summed E-state index contributed by atoms with van der Waals surface area (Å²) < 4.78 is 28.3. The van der Waals surface area contributed by atoms with Crippen molar-refractivity contribution in [2.75, 3.05) is 0 Å².